The van der Waals surface area contributed by atoms with Gasteiger partial charge < -0.3 is 9.52 Å². The zero-order chi connectivity index (χ0) is 17.6. The predicted octanol–water partition coefficient (Wildman–Crippen LogP) is 2.44. The van der Waals surface area contributed by atoms with E-state index in [1.54, 1.807) is 13.8 Å². The molecular formula is C17H27N3O3. The van der Waals surface area contributed by atoms with Gasteiger partial charge in [0.1, 0.15) is 17.4 Å². The molecule has 0 spiro atoms. The molecule has 0 radical (unpaired) electrons. The van der Waals surface area contributed by atoms with Crippen molar-refractivity contribution in [3.63, 3.8) is 0 Å². The molecule has 0 saturated heterocycles. The molecule has 0 aromatic carbocycles. The van der Waals surface area contributed by atoms with E-state index in [9.17, 15) is 10.1 Å². The maximum atomic E-state index is 12.3. The third-order valence-corrected chi connectivity index (χ3v) is 3.45. The zero-order valence-corrected chi connectivity index (χ0v) is 14.7. The van der Waals surface area contributed by atoms with E-state index in [-0.39, 0.29) is 30.4 Å². The summed E-state index contributed by atoms with van der Waals surface area (Å²) in [6, 6.07) is 2.06. The minimum absolute atomic E-state index is 0.0470. The van der Waals surface area contributed by atoms with Gasteiger partial charge in [0.2, 0.25) is 11.8 Å². The van der Waals surface area contributed by atoms with E-state index in [2.05, 4.69) is 32.2 Å². The first kappa shape index (κ1) is 19.2. The lowest BCUT2D eigenvalue weighted by atomic mass is 9.96. The fraction of sp³-hybridized carbons (Fsp3) is 0.647. The van der Waals surface area contributed by atoms with E-state index >= 15 is 0 Å². The Morgan fingerprint density at radius 3 is 2.57 bits per heavy atom. The highest BCUT2D eigenvalue weighted by Gasteiger charge is 2.21. The summed E-state index contributed by atoms with van der Waals surface area (Å²) in [5, 5.41) is 20.9. The van der Waals surface area contributed by atoms with Crippen molar-refractivity contribution in [2.24, 2.45) is 5.41 Å². The molecule has 0 saturated carbocycles. The summed E-state index contributed by atoms with van der Waals surface area (Å²) in [6.45, 7) is 11.5. The van der Waals surface area contributed by atoms with E-state index in [4.69, 9.17) is 9.52 Å². The van der Waals surface area contributed by atoms with Crippen LogP contribution in [0.4, 0.5) is 5.88 Å². The number of aliphatic hydroxyl groups is 1. The Hall–Kier alpha value is -1.84. The Morgan fingerprint density at radius 2 is 2.04 bits per heavy atom. The maximum Gasteiger partial charge on any atom is 0.240 e. The minimum atomic E-state index is -0.225. The van der Waals surface area contributed by atoms with Crippen molar-refractivity contribution in [1.29, 1.82) is 5.26 Å². The summed E-state index contributed by atoms with van der Waals surface area (Å²) < 4.78 is 5.46. The molecular weight excluding hydrogens is 294 g/mol. The Kier molecular flexibility index (Phi) is 6.79. The zero-order valence-electron chi connectivity index (χ0n) is 14.7. The molecule has 0 unspecified atom stereocenters. The number of nitrogens with one attached hydrogen (secondary N) is 1. The fourth-order valence-corrected chi connectivity index (χ4v) is 2.40. The lowest BCUT2D eigenvalue weighted by molar-refractivity contribution is -0.117. The topological polar surface area (TPSA) is 89.5 Å². The second-order valence-electron chi connectivity index (χ2n) is 7.00. The highest BCUT2D eigenvalue weighted by atomic mass is 16.4. The highest BCUT2D eigenvalue weighted by Crippen LogP contribution is 2.25. The van der Waals surface area contributed by atoms with Crippen molar-refractivity contribution >= 4 is 11.8 Å². The molecule has 0 bridgehead atoms. The molecule has 6 nitrogen and oxygen atoms in total. The molecule has 0 aliphatic carbocycles. The summed E-state index contributed by atoms with van der Waals surface area (Å²) in [7, 11) is 0. The van der Waals surface area contributed by atoms with Crippen molar-refractivity contribution in [1.82, 2.24) is 4.90 Å². The van der Waals surface area contributed by atoms with Crippen LogP contribution in [0.25, 0.3) is 0 Å². The van der Waals surface area contributed by atoms with E-state index in [1.807, 2.05) is 4.90 Å². The first-order valence-electron chi connectivity index (χ1n) is 7.81. The third kappa shape index (κ3) is 6.05. The van der Waals surface area contributed by atoms with Crippen LogP contribution in [0.15, 0.2) is 4.42 Å². The molecule has 23 heavy (non-hydrogen) atoms. The van der Waals surface area contributed by atoms with Gasteiger partial charge in [-0.15, -0.1) is 0 Å². The number of nitrogens with zero attached hydrogens (tertiary/aromatic N) is 2. The largest absolute Gasteiger partial charge is 0.444 e. The van der Waals surface area contributed by atoms with Crippen molar-refractivity contribution in [3.05, 3.63) is 16.9 Å². The lowest BCUT2D eigenvalue weighted by Gasteiger charge is -2.29. The van der Waals surface area contributed by atoms with Crippen LogP contribution in [-0.2, 0) is 4.79 Å². The van der Waals surface area contributed by atoms with Crippen LogP contribution in [0.3, 0.4) is 0 Å². The van der Waals surface area contributed by atoms with Gasteiger partial charge in [-0.1, -0.05) is 20.8 Å². The van der Waals surface area contributed by atoms with E-state index in [1.165, 1.54) is 0 Å². The van der Waals surface area contributed by atoms with E-state index in [0.29, 0.717) is 24.3 Å². The Bertz CT molecular complexity index is 579. The molecule has 0 atom stereocenters. The molecule has 1 amide bonds. The van der Waals surface area contributed by atoms with Gasteiger partial charge in [-0.3, -0.25) is 15.0 Å². The smallest absolute Gasteiger partial charge is 0.240 e. The molecule has 1 aromatic rings. The first-order chi connectivity index (χ1) is 10.7. The first-order valence-corrected chi connectivity index (χ1v) is 7.81. The summed E-state index contributed by atoms with van der Waals surface area (Å²) in [5.41, 5.74) is 1.16. The Morgan fingerprint density at radius 1 is 1.39 bits per heavy atom. The average molecular weight is 321 g/mol. The van der Waals surface area contributed by atoms with Crippen LogP contribution in [0, 0.1) is 30.6 Å². The normalized spacial score (nSPS) is 11.6. The van der Waals surface area contributed by atoms with Crippen LogP contribution >= 0.6 is 0 Å². The number of aliphatic hydroxyl groups excluding tert-OH is 1. The van der Waals surface area contributed by atoms with Crippen LogP contribution < -0.4 is 5.32 Å². The quantitative estimate of drug-likeness (QED) is 0.805. The van der Waals surface area contributed by atoms with Crippen molar-refractivity contribution in [3.8, 4) is 6.07 Å². The number of hydrogen-bond donors (Lipinski definition) is 2. The Balaban J connectivity index is 2.76. The van der Waals surface area contributed by atoms with E-state index in [0.717, 1.165) is 12.1 Å². The summed E-state index contributed by atoms with van der Waals surface area (Å²) in [6.07, 6.45) is 0.617. The number of carbonyl (C=O) groups is 1. The van der Waals surface area contributed by atoms with Crippen LogP contribution in [-0.4, -0.2) is 42.2 Å². The summed E-state index contributed by atoms with van der Waals surface area (Å²) in [5.74, 6) is 0.617. The van der Waals surface area contributed by atoms with Crippen molar-refractivity contribution in [2.75, 3.05) is 31.6 Å². The SMILES string of the molecule is Cc1oc(NC(=O)CN(CCCO)CC(C)(C)C)c(C#N)c1C. The molecule has 1 heterocycles. The van der Waals surface area contributed by atoms with Gasteiger partial charge in [0, 0.05) is 25.3 Å². The number of aryl methyl sites for hydroxylation is 1. The molecule has 2 N–H and O–H groups in total. The highest BCUT2D eigenvalue weighted by molar-refractivity contribution is 5.92. The lowest BCUT2D eigenvalue weighted by Crippen LogP contribution is -2.39. The van der Waals surface area contributed by atoms with E-state index < -0.39 is 0 Å². The molecule has 1 aromatic heterocycles. The number of hydrogen-bond acceptors (Lipinski definition) is 5. The maximum absolute atomic E-state index is 12.3. The van der Waals surface area contributed by atoms with Crippen LogP contribution in [0.1, 0.15) is 44.1 Å². The van der Waals surface area contributed by atoms with Gasteiger partial charge in [0.05, 0.1) is 6.54 Å². The second kappa shape index (κ2) is 8.14. The standard InChI is InChI=1S/C17H27N3O3/c1-12-13(2)23-16(14(12)9-18)19-15(22)10-20(7-6-8-21)11-17(3,4)5/h21H,6-8,10-11H2,1-5H3,(H,19,22). The number of amides is 1. The molecule has 0 aliphatic rings. The average Bonchev–Trinajstić information content (AvgIpc) is 2.68. The van der Waals surface area contributed by atoms with Crippen molar-refractivity contribution < 1.29 is 14.3 Å². The third-order valence-electron chi connectivity index (χ3n) is 3.45. The molecule has 0 fully saturated rings. The van der Waals surface area contributed by atoms with Gasteiger partial charge in [0.25, 0.3) is 0 Å². The van der Waals surface area contributed by atoms with Gasteiger partial charge in [-0.05, 0) is 25.7 Å². The number of nitriles is 1. The molecule has 6 heteroatoms. The summed E-state index contributed by atoms with van der Waals surface area (Å²) >= 11 is 0. The van der Waals surface area contributed by atoms with Gasteiger partial charge in [-0.2, -0.15) is 5.26 Å². The number of rotatable bonds is 7. The molecule has 128 valence electrons. The number of furan rings is 1. The Labute approximate surface area is 138 Å². The van der Waals surface area contributed by atoms with Crippen molar-refractivity contribution in [2.45, 2.75) is 41.0 Å². The summed E-state index contributed by atoms with van der Waals surface area (Å²) in [4.78, 5) is 14.3. The van der Waals surface area contributed by atoms with Crippen LogP contribution in [0.5, 0.6) is 0 Å². The minimum Gasteiger partial charge on any atom is -0.444 e. The monoisotopic (exact) mass is 321 g/mol. The van der Waals surface area contributed by atoms with Gasteiger partial charge in [-0.25, -0.2) is 0 Å². The van der Waals surface area contributed by atoms with Crippen LogP contribution in [0.2, 0.25) is 0 Å². The fourth-order valence-electron chi connectivity index (χ4n) is 2.40. The second-order valence-corrected chi connectivity index (χ2v) is 7.00. The number of carbonyl (C=O) groups excluding carboxylic acids is 1. The number of anilines is 1. The molecule has 0 aliphatic heterocycles. The molecule has 1 rings (SSSR count). The van der Waals surface area contributed by atoms with Gasteiger partial charge in [0.15, 0.2) is 0 Å². The predicted molar refractivity (Wildman–Crippen MR) is 89.1 cm³/mol. The van der Waals surface area contributed by atoms with Gasteiger partial charge >= 0.3 is 0 Å².